The Kier molecular flexibility index (Phi) is 7.34. The predicted octanol–water partition coefficient (Wildman–Crippen LogP) is 2.37. The number of fused-ring (bicyclic) bond motifs is 1. The number of hydrogen-bond acceptors (Lipinski definition) is 7. The first-order chi connectivity index (χ1) is 18.7. The molecule has 1 atom stereocenters. The Hall–Kier alpha value is -4.25. The molecule has 0 bridgehead atoms. The highest BCUT2D eigenvalue weighted by atomic mass is 19.1. The van der Waals surface area contributed by atoms with Gasteiger partial charge in [-0.1, -0.05) is 18.2 Å². The SMILES string of the molecule is Cc1ccc(CNC(=O)c2cn3c(c(O)c2=O)C(=O)N(CC2CCCO2)CN3Cc2cccc(C)n2)c(F)c1. The third-order valence-corrected chi connectivity index (χ3v) is 6.92. The second-order valence-corrected chi connectivity index (χ2v) is 9.93. The van der Waals surface area contributed by atoms with Crippen LogP contribution >= 0.6 is 0 Å². The molecule has 3 aromatic rings. The number of nitrogens with zero attached hydrogens (tertiary/aromatic N) is 4. The molecule has 10 nitrogen and oxygen atoms in total. The molecular formula is C28H30FN5O5. The van der Waals surface area contributed by atoms with Gasteiger partial charge in [-0.2, -0.15) is 0 Å². The summed E-state index contributed by atoms with van der Waals surface area (Å²) in [6.45, 7) is 4.75. The first kappa shape index (κ1) is 26.4. The van der Waals surface area contributed by atoms with E-state index in [1.807, 2.05) is 25.1 Å². The lowest BCUT2D eigenvalue weighted by atomic mass is 10.1. The molecule has 4 heterocycles. The van der Waals surface area contributed by atoms with Gasteiger partial charge in [-0.25, -0.2) is 4.39 Å². The summed E-state index contributed by atoms with van der Waals surface area (Å²) in [5, 5.41) is 15.2. The van der Waals surface area contributed by atoms with Crippen LogP contribution in [0.15, 0.2) is 47.4 Å². The number of nitrogens with one attached hydrogen (secondary N) is 1. The predicted molar refractivity (Wildman–Crippen MR) is 140 cm³/mol. The Morgan fingerprint density at radius 3 is 2.77 bits per heavy atom. The van der Waals surface area contributed by atoms with Gasteiger partial charge in [-0.3, -0.25) is 29.1 Å². The number of ether oxygens (including phenoxy) is 1. The van der Waals surface area contributed by atoms with Crippen LogP contribution in [0.25, 0.3) is 0 Å². The summed E-state index contributed by atoms with van der Waals surface area (Å²) in [6.07, 6.45) is 2.81. The van der Waals surface area contributed by atoms with Crippen LogP contribution in [0.1, 0.15) is 56.2 Å². The second kappa shape index (κ2) is 10.9. The summed E-state index contributed by atoms with van der Waals surface area (Å²) in [5.74, 6) is -2.64. The van der Waals surface area contributed by atoms with E-state index in [9.17, 15) is 23.9 Å². The largest absolute Gasteiger partial charge is 0.502 e. The molecule has 2 aromatic heterocycles. The number of hydrogen-bond donors (Lipinski definition) is 2. The molecule has 39 heavy (non-hydrogen) atoms. The average Bonchev–Trinajstić information content (AvgIpc) is 3.41. The van der Waals surface area contributed by atoms with Crippen LogP contribution in [0.5, 0.6) is 5.75 Å². The molecule has 2 amide bonds. The summed E-state index contributed by atoms with van der Waals surface area (Å²) in [7, 11) is 0. The van der Waals surface area contributed by atoms with E-state index in [-0.39, 0.29) is 42.7 Å². The number of carbonyl (C=O) groups excluding carboxylic acids is 2. The van der Waals surface area contributed by atoms with E-state index < -0.39 is 28.8 Å². The normalized spacial score (nSPS) is 16.9. The van der Waals surface area contributed by atoms with Gasteiger partial charge in [0, 0.05) is 37.2 Å². The summed E-state index contributed by atoms with van der Waals surface area (Å²) < 4.78 is 21.3. The molecule has 1 saturated heterocycles. The Bertz CT molecular complexity index is 1480. The monoisotopic (exact) mass is 535 g/mol. The Morgan fingerprint density at radius 2 is 2.05 bits per heavy atom. The summed E-state index contributed by atoms with van der Waals surface area (Å²) in [5.41, 5.74) is 0.910. The number of benzene rings is 1. The van der Waals surface area contributed by atoms with Crippen molar-refractivity contribution in [2.75, 3.05) is 24.8 Å². The Morgan fingerprint density at radius 1 is 1.23 bits per heavy atom. The second-order valence-electron chi connectivity index (χ2n) is 9.93. The van der Waals surface area contributed by atoms with Gasteiger partial charge in [0.15, 0.2) is 11.4 Å². The van der Waals surface area contributed by atoms with Crippen molar-refractivity contribution < 1.29 is 23.8 Å². The van der Waals surface area contributed by atoms with Gasteiger partial charge < -0.3 is 20.1 Å². The molecule has 0 spiro atoms. The van der Waals surface area contributed by atoms with Gasteiger partial charge in [0.25, 0.3) is 11.8 Å². The van der Waals surface area contributed by atoms with E-state index in [2.05, 4.69) is 10.3 Å². The zero-order valence-corrected chi connectivity index (χ0v) is 21.8. The highest BCUT2D eigenvalue weighted by Gasteiger charge is 2.36. The number of aryl methyl sites for hydroxylation is 2. The number of amides is 2. The van der Waals surface area contributed by atoms with E-state index >= 15 is 0 Å². The molecule has 0 radical (unpaired) electrons. The number of pyridine rings is 2. The van der Waals surface area contributed by atoms with Crippen molar-refractivity contribution in [3.63, 3.8) is 0 Å². The number of carbonyl (C=O) groups is 2. The van der Waals surface area contributed by atoms with E-state index in [4.69, 9.17) is 4.74 Å². The van der Waals surface area contributed by atoms with Crippen molar-refractivity contribution in [3.05, 3.63) is 92.4 Å². The molecule has 2 aliphatic rings. The van der Waals surface area contributed by atoms with Crippen molar-refractivity contribution in [1.82, 2.24) is 19.9 Å². The minimum atomic E-state index is -0.982. The molecule has 5 rings (SSSR count). The molecule has 1 aromatic carbocycles. The van der Waals surface area contributed by atoms with Crippen molar-refractivity contribution in [2.45, 2.75) is 45.9 Å². The fourth-order valence-corrected chi connectivity index (χ4v) is 4.89. The Labute approximate surface area is 224 Å². The van der Waals surface area contributed by atoms with Gasteiger partial charge in [-0.05, 0) is 50.5 Å². The maximum absolute atomic E-state index is 14.3. The topological polar surface area (TPSA) is 117 Å². The maximum Gasteiger partial charge on any atom is 0.277 e. The third-order valence-electron chi connectivity index (χ3n) is 6.92. The molecule has 1 unspecified atom stereocenters. The van der Waals surface area contributed by atoms with Crippen LogP contribution in [0.3, 0.4) is 0 Å². The smallest absolute Gasteiger partial charge is 0.277 e. The fourth-order valence-electron chi connectivity index (χ4n) is 4.89. The molecule has 204 valence electrons. The van der Waals surface area contributed by atoms with Crippen molar-refractivity contribution in [3.8, 4) is 5.75 Å². The molecule has 0 saturated carbocycles. The van der Waals surface area contributed by atoms with Crippen LogP contribution in [0.4, 0.5) is 4.39 Å². The van der Waals surface area contributed by atoms with Crippen LogP contribution in [0, 0.1) is 19.7 Å². The molecule has 2 N–H and O–H groups in total. The van der Waals surface area contributed by atoms with E-state index in [1.54, 1.807) is 24.1 Å². The lowest BCUT2D eigenvalue weighted by Gasteiger charge is -2.40. The number of aromatic hydroxyl groups is 1. The summed E-state index contributed by atoms with van der Waals surface area (Å²) in [6, 6.07) is 10.2. The fraction of sp³-hybridized carbons (Fsp3) is 0.357. The Balaban J connectivity index is 1.48. The van der Waals surface area contributed by atoms with Crippen LogP contribution in [0.2, 0.25) is 0 Å². The third kappa shape index (κ3) is 5.49. The zero-order chi connectivity index (χ0) is 27.7. The molecule has 1 fully saturated rings. The molecule has 0 aliphatic carbocycles. The van der Waals surface area contributed by atoms with E-state index in [0.29, 0.717) is 18.8 Å². The van der Waals surface area contributed by atoms with Crippen molar-refractivity contribution in [2.24, 2.45) is 0 Å². The summed E-state index contributed by atoms with van der Waals surface area (Å²) in [4.78, 5) is 45.6. The standard InChI is InChI=1S/C28H30FN5O5/c1-17-8-9-19(23(29)11-17)12-30-27(37)22-15-34-24(26(36)25(22)35)28(38)32(14-21-7-4-10-39-21)16-33(34)13-20-6-3-5-18(2)31-20/h3,5-6,8-9,11,15,21,36H,4,7,10,12-14,16H2,1-2H3,(H,30,37). The minimum Gasteiger partial charge on any atom is -0.502 e. The first-order valence-corrected chi connectivity index (χ1v) is 12.8. The van der Waals surface area contributed by atoms with Crippen molar-refractivity contribution in [1.29, 1.82) is 0 Å². The van der Waals surface area contributed by atoms with Gasteiger partial charge >= 0.3 is 0 Å². The van der Waals surface area contributed by atoms with Gasteiger partial charge in [0.2, 0.25) is 5.43 Å². The molecule has 2 aliphatic heterocycles. The maximum atomic E-state index is 14.3. The highest BCUT2D eigenvalue weighted by molar-refractivity contribution is 5.99. The van der Waals surface area contributed by atoms with Gasteiger partial charge in [0.05, 0.1) is 18.3 Å². The van der Waals surface area contributed by atoms with Crippen LogP contribution in [-0.2, 0) is 17.8 Å². The van der Waals surface area contributed by atoms with Gasteiger partial charge in [0.1, 0.15) is 18.0 Å². The molecular weight excluding hydrogens is 505 g/mol. The highest BCUT2D eigenvalue weighted by Crippen LogP contribution is 2.24. The number of halogens is 1. The average molecular weight is 536 g/mol. The lowest BCUT2D eigenvalue weighted by Crippen LogP contribution is -2.55. The minimum absolute atomic E-state index is 0.124. The quantitative estimate of drug-likeness (QED) is 0.477. The molecule has 11 heteroatoms. The zero-order valence-electron chi connectivity index (χ0n) is 21.8. The van der Waals surface area contributed by atoms with Crippen LogP contribution < -0.4 is 15.8 Å². The van der Waals surface area contributed by atoms with E-state index in [1.165, 1.54) is 21.8 Å². The summed E-state index contributed by atoms with van der Waals surface area (Å²) >= 11 is 0. The lowest BCUT2D eigenvalue weighted by molar-refractivity contribution is 0.0455. The van der Waals surface area contributed by atoms with E-state index in [0.717, 1.165) is 24.1 Å². The number of aromatic nitrogens is 2. The van der Waals surface area contributed by atoms with Crippen LogP contribution in [-0.4, -0.2) is 57.4 Å². The van der Waals surface area contributed by atoms with Crippen molar-refractivity contribution >= 4 is 11.8 Å². The first-order valence-electron chi connectivity index (χ1n) is 12.8. The van der Waals surface area contributed by atoms with Gasteiger partial charge in [-0.15, -0.1) is 0 Å². The number of rotatable bonds is 7.